The minimum atomic E-state index is -0.0277. The second-order valence-electron chi connectivity index (χ2n) is 6.95. The van der Waals surface area contributed by atoms with Crippen LogP contribution in [-0.2, 0) is 11.2 Å². The number of carbonyl (C=O) groups excluding carboxylic acids is 1. The fourth-order valence-electron chi connectivity index (χ4n) is 3.41. The van der Waals surface area contributed by atoms with Crippen molar-refractivity contribution in [1.82, 2.24) is 20.1 Å². The molecule has 3 aromatic rings. The third-order valence-corrected chi connectivity index (χ3v) is 5.85. The summed E-state index contributed by atoms with van der Waals surface area (Å²) >= 11 is 7.53. The first-order valence-electron chi connectivity index (χ1n) is 9.50. The number of ether oxygens (including phenoxy) is 1. The molecule has 1 aliphatic heterocycles. The molecular weight excluding hydrogens is 410 g/mol. The van der Waals surface area contributed by atoms with Crippen molar-refractivity contribution in [3.8, 4) is 5.75 Å². The van der Waals surface area contributed by atoms with Crippen molar-refractivity contribution in [2.45, 2.75) is 18.8 Å². The lowest BCUT2D eigenvalue weighted by atomic mass is 10.0. The van der Waals surface area contributed by atoms with Crippen LogP contribution in [0.5, 0.6) is 5.75 Å². The molecule has 0 radical (unpaired) electrons. The summed E-state index contributed by atoms with van der Waals surface area (Å²) in [4.78, 5) is 18.4. The Labute approximate surface area is 178 Å². The highest BCUT2D eigenvalue weighted by molar-refractivity contribution is 7.13. The van der Waals surface area contributed by atoms with Crippen LogP contribution in [0.1, 0.15) is 23.7 Å². The highest BCUT2D eigenvalue weighted by Crippen LogP contribution is 2.27. The van der Waals surface area contributed by atoms with E-state index in [0.29, 0.717) is 35.0 Å². The van der Waals surface area contributed by atoms with E-state index in [2.05, 4.69) is 31.5 Å². The van der Waals surface area contributed by atoms with E-state index in [1.54, 1.807) is 6.20 Å². The molecule has 1 aliphatic rings. The summed E-state index contributed by atoms with van der Waals surface area (Å²) in [5, 5.41) is 13.5. The summed E-state index contributed by atoms with van der Waals surface area (Å²) in [5.41, 5.74) is 2.08. The molecule has 1 amide bonds. The van der Waals surface area contributed by atoms with Gasteiger partial charge in [-0.1, -0.05) is 23.7 Å². The third-order valence-electron chi connectivity index (χ3n) is 4.85. The van der Waals surface area contributed by atoms with Gasteiger partial charge in [-0.25, -0.2) is 4.98 Å². The average molecular weight is 432 g/mol. The molecule has 29 heavy (non-hydrogen) atoms. The van der Waals surface area contributed by atoms with E-state index in [0.717, 1.165) is 37.3 Å². The zero-order valence-electron chi connectivity index (χ0n) is 15.8. The zero-order valence-corrected chi connectivity index (χ0v) is 17.4. The molecule has 7 nitrogen and oxygen atoms in total. The molecule has 9 heteroatoms. The van der Waals surface area contributed by atoms with Gasteiger partial charge in [0.15, 0.2) is 5.13 Å². The number of hydrogen-bond acceptors (Lipinski definition) is 6. The summed E-state index contributed by atoms with van der Waals surface area (Å²) < 4.78 is 5.74. The van der Waals surface area contributed by atoms with Crippen LogP contribution in [0.4, 0.5) is 5.13 Å². The number of nitrogens with one attached hydrogen (secondary N) is 2. The molecule has 0 spiro atoms. The average Bonchev–Trinajstić information content (AvgIpc) is 3.45. The monoisotopic (exact) mass is 431 g/mol. The number of anilines is 1. The van der Waals surface area contributed by atoms with Gasteiger partial charge in [-0.05, 0) is 31.2 Å². The summed E-state index contributed by atoms with van der Waals surface area (Å²) in [6.07, 6.45) is 3.40. The first kappa shape index (κ1) is 19.9. The van der Waals surface area contributed by atoms with Crippen molar-refractivity contribution in [2.75, 3.05) is 31.6 Å². The second-order valence-corrected chi connectivity index (χ2v) is 8.25. The smallest absolute Gasteiger partial charge is 0.240 e. The van der Waals surface area contributed by atoms with E-state index >= 15 is 0 Å². The Morgan fingerprint density at radius 2 is 2.31 bits per heavy atom. The number of hydrogen-bond donors (Lipinski definition) is 2. The number of amides is 1. The maximum atomic E-state index is 12.1. The molecule has 2 aromatic heterocycles. The van der Waals surface area contributed by atoms with E-state index in [4.69, 9.17) is 16.3 Å². The van der Waals surface area contributed by atoms with Crippen LogP contribution in [-0.4, -0.2) is 52.2 Å². The number of aromatic nitrogens is 3. The number of halogens is 1. The Balaban J connectivity index is 1.23. The van der Waals surface area contributed by atoms with Gasteiger partial charge in [0.2, 0.25) is 5.91 Å². The van der Waals surface area contributed by atoms with E-state index in [9.17, 15) is 4.79 Å². The molecule has 0 saturated carbocycles. The van der Waals surface area contributed by atoms with Gasteiger partial charge in [0.05, 0.1) is 23.9 Å². The van der Waals surface area contributed by atoms with Crippen LogP contribution in [0.15, 0.2) is 41.9 Å². The van der Waals surface area contributed by atoms with Gasteiger partial charge in [-0.2, -0.15) is 5.10 Å². The molecule has 3 heterocycles. The number of para-hydroxylation sites is 1. The van der Waals surface area contributed by atoms with Crippen molar-refractivity contribution in [3.63, 3.8) is 0 Å². The minimum Gasteiger partial charge on any atom is -0.492 e. The molecule has 0 unspecified atom stereocenters. The molecule has 4 rings (SSSR count). The molecule has 0 bridgehead atoms. The van der Waals surface area contributed by atoms with Crippen LogP contribution in [0.2, 0.25) is 5.02 Å². The number of benzene rings is 1. The van der Waals surface area contributed by atoms with E-state index < -0.39 is 0 Å². The second kappa shape index (κ2) is 9.39. The Bertz CT molecular complexity index is 946. The van der Waals surface area contributed by atoms with E-state index in [1.807, 2.05) is 29.6 Å². The summed E-state index contributed by atoms with van der Waals surface area (Å²) in [6.45, 7) is 2.61. The molecule has 152 valence electrons. The van der Waals surface area contributed by atoms with E-state index in [-0.39, 0.29) is 5.91 Å². The summed E-state index contributed by atoms with van der Waals surface area (Å²) in [5.74, 6) is 0.994. The normalized spacial score (nSPS) is 16.8. The van der Waals surface area contributed by atoms with Gasteiger partial charge in [0.1, 0.15) is 5.75 Å². The fraction of sp³-hybridized carbons (Fsp3) is 0.350. The van der Waals surface area contributed by atoms with Gasteiger partial charge >= 0.3 is 0 Å². The number of aromatic amines is 1. The van der Waals surface area contributed by atoms with Gasteiger partial charge < -0.3 is 10.1 Å². The minimum absolute atomic E-state index is 0.0277. The number of carbonyl (C=O) groups is 1. The van der Waals surface area contributed by atoms with Gasteiger partial charge in [0, 0.05) is 36.2 Å². The first-order chi connectivity index (χ1) is 14.2. The maximum Gasteiger partial charge on any atom is 0.240 e. The van der Waals surface area contributed by atoms with Crippen molar-refractivity contribution in [2.24, 2.45) is 0 Å². The van der Waals surface area contributed by atoms with E-state index in [1.165, 1.54) is 11.3 Å². The van der Waals surface area contributed by atoms with Gasteiger partial charge in [-0.15, -0.1) is 11.3 Å². The van der Waals surface area contributed by atoms with Crippen LogP contribution < -0.4 is 10.1 Å². The number of rotatable bonds is 8. The van der Waals surface area contributed by atoms with Crippen LogP contribution >= 0.6 is 22.9 Å². The van der Waals surface area contributed by atoms with Crippen molar-refractivity contribution in [1.29, 1.82) is 0 Å². The fourth-order valence-corrected chi connectivity index (χ4v) is 4.15. The number of H-pyrrole nitrogens is 1. The first-order valence-corrected chi connectivity index (χ1v) is 10.8. The summed E-state index contributed by atoms with van der Waals surface area (Å²) in [7, 11) is 0. The summed E-state index contributed by atoms with van der Waals surface area (Å²) in [6, 6.07) is 9.55. The van der Waals surface area contributed by atoms with Crippen molar-refractivity contribution < 1.29 is 9.53 Å². The molecule has 0 aliphatic carbocycles. The maximum absolute atomic E-state index is 12.1. The standard InChI is InChI=1S/C20H22ClN5O2S/c21-16-3-1-2-4-18(16)28-9-6-15-11-17(25-24-15)14-5-8-26(12-14)13-19(27)23-20-22-7-10-29-20/h1-4,7,10-11,14H,5-6,8-9,12-13H2,(H,24,25)(H,22,23,27)/t14-/m0/s1. The Hall–Kier alpha value is -2.42. The Morgan fingerprint density at radius 3 is 3.14 bits per heavy atom. The SMILES string of the molecule is O=C(CN1CC[C@H](c2cc(CCOc3ccccc3Cl)[nH]n2)C1)Nc1nccs1. The van der Waals surface area contributed by atoms with Gasteiger partial charge in [-0.3, -0.25) is 14.8 Å². The predicted molar refractivity (Wildman–Crippen MR) is 114 cm³/mol. The van der Waals surface area contributed by atoms with Crippen molar-refractivity contribution in [3.05, 3.63) is 58.3 Å². The topological polar surface area (TPSA) is 83.1 Å². The zero-order chi connectivity index (χ0) is 20.1. The molecule has 2 N–H and O–H groups in total. The number of thiazole rings is 1. The third kappa shape index (κ3) is 5.35. The number of nitrogens with zero attached hydrogens (tertiary/aromatic N) is 3. The Kier molecular flexibility index (Phi) is 6.43. The molecule has 1 saturated heterocycles. The quantitative estimate of drug-likeness (QED) is 0.569. The highest BCUT2D eigenvalue weighted by atomic mass is 35.5. The highest BCUT2D eigenvalue weighted by Gasteiger charge is 2.27. The number of likely N-dealkylation sites (tertiary alicyclic amines) is 1. The molecular formula is C20H22ClN5O2S. The lowest BCUT2D eigenvalue weighted by Crippen LogP contribution is -2.31. The molecule has 1 fully saturated rings. The van der Waals surface area contributed by atoms with Crippen LogP contribution in [0.25, 0.3) is 0 Å². The Morgan fingerprint density at radius 1 is 1.41 bits per heavy atom. The lowest BCUT2D eigenvalue weighted by Gasteiger charge is -2.14. The molecule has 1 atom stereocenters. The van der Waals surface area contributed by atoms with Crippen molar-refractivity contribution >= 4 is 34.0 Å². The molecule has 1 aromatic carbocycles. The predicted octanol–water partition coefficient (Wildman–Crippen LogP) is 3.57. The van der Waals surface area contributed by atoms with Gasteiger partial charge in [0.25, 0.3) is 0 Å². The lowest BCUT2D eigenvalue weighted by molar-refractivity contribution is -0.117. The van der Waals surface area contributed by atoms with Crippen LogP contribution in [0, 0.1) is 0 Å². The van der Waals surface area contributed by atoms with Crippen LogP contribution in [0.3, 0.4) is 0 Å². The largest absolute Gasteiger partial charge is 0.492 e.